The summed E-state index contributed by atoms with van der Waals surface area (Å²) in [6.45, 7) is 2.65. The van der Waals surface area contributed by atoms with Gasteiger partial charge in [0.1, 0.15) is 0 Å². The Kier molecular flexibility index (Phi) is 8.84. The average molecular weight is 259 g/mol. The van der Waals surface area contributed by atoms with Crippen LogP contribution in [-0.4, -0.2) is 0 Å². The van der Waals surface area contributed by atoms with Crippen molar-refractivity contribution < 1.29 is 35.5 Å². The molecule has 0 amide bonds. The maximum Gasteiger partial charge on any atom is 0.346 e. The fourth-order valence-electron chi connectivity index (χ4n) is 0.156. The third-order valence-electron chi connectivity index (χ3n) is 0.476. The van der Waals surface area contributed by atoms with Gasteiger partial charge in [-0.25, -0.2) is 0 Å². The number of halogens is 8. The lowest BCUT2D eigenvalue weighted by Gasteiger charge is -1.94. The minimum atomic E-state index is -3.01. The number of hydrogen-bond donors (Lipinski definition) is 0. The quantitative estimate of drug-likeness (QED) is 0.513. The summed E-state index contributed by atoms with van der Waals surface area (Å²) in [6.07, 6.45) is -6.03. The van der Waals surface area contributed by atoms with Crippen molar-refractivity contribution in [3.8, 4) is 0 Å². The Morgan fingerprint density at radius 1 is 0.800 bits per heavy atom. The van der Waals surface area contributed by atoms with Gasteiger partial charge < -0.3 is 4.74 Å². The van der Waals surface area contributed by atoms with Gasteiger partial charge in [-0.2, -0.15) is 30.7 Å². The van der Waals surface area contributed by atoms with E-state index in [9.17, 15) is 30.7 Å². The molecule has 0 saturated carbocycles. The molecule has 0 unspecified atom stereocenters. The molecule has 0 aromatic heterocycles. The van der Waals surface area contributed by atoms with Crippen molar-refractivity contribution in [3.63, 3.8) is 0 Å². The second-order valence-corrected chi connectivity index (χ2v) is 1.92. The molecule has 0 radical (unpaired) electrons. The predicted molar refractivity (Wildman–Crippen MR) is 37.9 cm³/mol. The summed E-state index contributed by atoms with van der Waals surface area (Å²) in [4.78, 5) is 0. The van der Waals surface area contributed by atoms with Crippen LogP contribution in [0.15, 0.2) is 36.1 Å². The maximum absolute atomic E-state index is 11.4. The van der Waals surface area contributed by atoms with Crippen LogP contribution in [0.3, 0.4) is 0 Å². The Hall–Kier alpha value is -1.18. The van der Waals surface area contributed by atoms with Crippen molar-refractivity contribution in [1.82, 2.24) is 0 Å². The highest BCUT2D eigenvalue weighted by Gasteiger charge is 2.13. The summed E-state index contributed by atoms with van der Waals surface area (Å²) in [6, 6.07) is -5.37. The zero-order valence-electron chi connectivity index (χ0n) is 6.64. The topological polar surface area (TPSA) is 9.23 Å². The number of hydrogen-bond acceptors (Lipinski definition) is 1. The average Bonchev–Trinajstić information content (AvgIpc) is 2.02. The van der Waals surface area contributed by atoms with Gasteiger partial charge in [-0.15, -0.1) is 0 Å². The molecular formula is C6H2ClF7O. The Morgan fingerprint density at radius 3 is 1.13 bits per heavy atom. The molecule has 0 aliphatic carbocycles. The van der Waals surface area contributed by atoms with Gasteiger partial charge in [0.15, 0.2) is 5.29 Å². The van der Waals surface area contributed by atoms with E-state index in [0.29, 0.717) is 0 Å². The maximum atomic E-state index is 11.4. The highest BCUT2D eigenvalue weighted by atomic mass is 35.5. The highest BCUT2D eigenvalue weighted by molar-refractivity contribution is 6.27. The molecule has 0 aromatic rings. The molecule has 0 atom stereocenters. The summed E-state index contributed by atoms with van der Waals surface area (Å²) >= 11 is 4.41. The molecule has 0 N–H and O–H groups in total. The lowest BCUT2D eigenvalue weighted by molar-refractivity contribution is 0.109. The van der Waals surface area contributed by atoms with Crippen LogP contribution in [0.25, 0.3) is 0 Å². The van der Waals surface area contributed by atoms with E-state index in [2.05, 4.69) is 22.9 Å². The Balaban J connectivity index is 0. The number of ether oxygens (including phenoxy) is 1. The van der Waals surface area contributed by atoms with Crippen molar-refractivity contribution in [2.45, 2.75) is 0 Å². The van der Waals surface area contributed by atoms with E-state index < -0.39 is 29.5 Å². The fourth-order valence-corrected chi connectivity index (χ4v) is 0.156. The smallest absolute Gasteiger partial charge is 0.346 e. The van der Waals surface area contributed by atoms with Crippen molar-refractivity contribution in [1.29, 1.82) is 0 Å². The standard InChI is InChI=1S/C4F6O.C2H2ClF/c5-1(6)3(9)11-4(10)2(7)8;1-2(3)4/h;1H2. The summed E-state index contributed by atoms with van der Waals surface area (Å²) in [5.41, 5.74) is 0. The molecule has 0 aromatic carbocycles. The van der Waals surface area contributed by atoms with Crippen LogP contribution in [0.1, 0.15) is 0 Å². The first-order valence-electron chi connectivity index (χ1n) is 2.77. The second-order valence-electron chi connectivity index (χ2n) is 1.51. The molecule has 0 heterocycles. The van der Waals surface area contributed by atoms with Gasteiger partial charge in [-0.3, -0.25) is 0 Å². The predicted octanol–water partition coefficient (Wildman–Crippen LogP) is 4.74. The lowest BCUT2D eigenvalue weighted by Crippen LogP contribution is -1.85. The zero-order chi connectivity index (χ0) is 12.6. The van der Waals surface area contributed by atoms with Crippen molar-refractivity contribution >= 4 is 11.6 Å². The minimum Gasteiger partial charge on any atom is -0.396 e. The van der Waals surface area contributed by atoms with E-state index in [4.69, 9.17) is 0 Å². The molecule has 0 rings (SSSR count). The van der Waals surface area contributed by atoms with E-state index in [0.717, 1.165) is 0 Å². The lowest BCUT2D eigenvalue weighted by atomic mass is 10.9. The van der Waals surface area contributed by atoms with Gasteiger partial charge in [0.05, 0.1) is 0 Å². The van der Waals surface area contributed by atoms with Gasteiger partial charge in [-0.05, 0) is 0 Å². The van der Waals surface area contributed by atoms with Crippen molar-refractivity contribution in [3.05, 3.63) is 36.1 Å². The molecule has 15 heavy (non-hydrogen) atoms. The molecule has 88 valence electrons. The molecule has 1 nitrogen and oxygen atoms in total. The van der Waals surface area contributed by atoms with Crippen LogP contribution >= 0.6 is 11.6 Å². The van der Waals surface area contributed by atoms with Crippen molar-refractivity contribution in [2.75, 3.05) is 0 Å². The molecule has 0 bridgehead atoms. The monoisotopic (exact) mass is 258 g/mol. The molecular weight excluding hydrogens is 257 g/mol. The van der Waals surface area contributed by atoms with Crippen LogP contribution in [0, 0.1) is 0 Å². The Bertz CT molecular complexity index is 251. The summed E-state index contributed by atoms with van der Waals surface area (Å²) in [5.74, 6) is 0. The van der Waals surface area contributed by atoms with Gasteiger partial charge in [-0.1, -0.05) is 18.2 Å². The van der Waals surface area contributed by atoms with E-state index in [1.54, 1.807) is 0 Å². The first-order valence-corrected chi connectivity index (χ1v) is 3.15. The van der Waals surface area contributed by atoms with Gasteiger partial charge in [0.25, 0.3) is 0 Å². The highest BCUT2D eigenvalue weighted by Crippen LogP contribution is 2.19. The summed E-state index contributed by atoms with van der Waals surface area (Å²) in [7, 11) is 0. The van der Waals surface area contributed by atoms with E-state index >= 15 is 0 Å². The zero-order valence-corrected chi connectivity index (χ0v) is 7.39. The second kappa shape index (κ2) is 8.16. The Morgan fingerprint density at radius 2 is 1.00 bits per heavy atom. The summed E-state index contributed by atoms with van der Waals surface area (Å²) in [5, 5.41) is -0.861. The minimum absolute atomic E-state index is 0.861. The van der Waals surface area contributed by atoms with Crippen LogP contribution in [0.4, 0.5) is 30.7 Å². The van der Waals surface area contributed by atoms with E-state index in [1.165, 1.54) is 0 Å². The Labute approximate surface area is 84.1 Å². The molecule has 0 spiro atoms. The van der Waals surface area contributed by atoms with Gasteiger partial charge in [0.2, 0.25) is 0 Å². The molecule has 0 saturated heterocycles. The first kappa shape index (κ1) is 16.3. The van der Waals surface area contributed by atoms with Gasteiger partial charge >= 0.3 is 24.2 Å². The third-order valence-corrected chi connectivity index (χ3v) is 0.476. The van der Waals surface area contributed by atoms with E-state index in [1.807, 2.05) is 0 Å². The summed E-state index contributed by atoms with van der Waals surface area (Å²) < 4.78 is 80.1. The number of rotatable bonds is 2. The fraction of sp³-hybridized carbons (Fsp3) is 0. The molecule has 0 fully saturated rings. The molecule has 0 aliphatic heterocycles. The first-order chi connectivity index (χ1) is 6.68. The normalized spacial score (nSPS) is 8.27. The van der Waals surface area contributed by atoms with Crippen LogP contribution < -0.4 is 0 Å². The van der Waals surface area contributed by atoms with Crippen LogP contribution in [0.2, 0.25) is 0 Å². The van der Waals surface area contributed by atoms with Crippen LogP contribution in [-0.2, 0) is 4.74 Å². The molecule has 9 heteroatoms. The van der Waals surface area contributed by atoms with Crippen LogP contribution in [0.5, 0.6) is 0 Å². The van der Waals surface area contributed by atoms with E-state index in [-0.39, 0.29) is 0 Å². The third kappa shape index (κ3) is 12.8. The largest absolute Gasteiger partial charge is 0.396 e. The van der Waals surface area contributed by atoms with Crippen molar-refractivity contribution in [2.24, 2.45) is 0 Å². The molecule has 0 aliphatic rings. The SMILES string of the molecule is C=C(F)Cl.FC(F)=C(F)OC(F)=C(F)F. The van der Waals surface area contributed by atoms with Gasteiger partial charge in [0, 0.05) is 0 Å².